The molecule has 0 saturated carbocycles. The van der Waals surface area contributed by atoms with E-state index in [2.05, 4.69) is 14.8 Å². The zero-order valence-corrected chi connectivity index (χ0v) is 12.0. The fourth-order valence-corrected chi connectivity index (χ4v) is 2.93. The van der Waals surface area contributed by atoms with E-state index in [1.807, 2.05) is 0 Å². The molecule has 0 atom stereocenters. The van der Waals surface area contributed by atoms with Crippen molar-refractivity contribution in [3.8, 4) is 5.82 Å². The van der Waals surface area contributed by atoms with Crippen LogP contribution < -0.4 is 4.72 Å². The van der Waals surface area contributed by atoms with Crippen LogP contribution in [0.1, 0.15) is 12.1 Å². The van der Waals surface area contributed by atoms with Gasteiger partial charge in [-0.1, -0.05) is 6.07 Å². The van der Waals surface area contributed by atoms with Gasteiger partial charge in [0.2, 0.25) is 10.0 Å². The van der Waals surface area contributed by atoms with E-state index in [0.717, 1.165) is 0 Å². The Labute approximate surface area is 121 Å². The second kappa shape index (κ2) is 6.02. The van der Waals surface area contributed by atoms with Gasteiger partial charge in [-0.15, -0.1) is 0 Å². The Kier molecular flexibility index (Phi) is 4.34. The molecule has 2 aromatic rings. The summed E-state index contributed by atoms with van der Waals surface area (Å²) in [6.45, 7) is 1.43. The zero-order chi connectivity index (χ0) is 15.5. The fraction of sp³-hybridized carbons (Fsp3) is 0.250. The summed E-state index contributed by atoms with van der Waals surface area (Å²) in [6.07, 6.45) is 2.51. The summed E-state index contributed by atoms with van der Waals surface area (Å²) in [7, 11) is -3.80. The van der Waals surface area contributed by atoms with E-state index in [1.54, 1.807) is 31.3 Å². The first-order valence-electron chi connectivity index (χ1n) is 6.09. The minimum atomic E-state index is -3.80. The number of aliphatic carboxylic acids is 1. The molecule has 9 heteroatoms. The molecule has 0 aromatic carbocycles. The molecule has 0 aliphatic carbocycles. The van der Waals surface area contributed by atoms with Crippen molar-refractivity contribution in [2.75, 3.05) is 6.54 Å². The molecule has 0 bridgehead atoms. The van der Waals surface area contributed by atoms with Crippen LogP contribution in [-0.4, -0.2) is 40.8 Å². The summed E-state index contributed by atoms with van der Waals surface area (Å²) in [6, 6.07) is 5.21. The quantitative estimate of drug-likeness (QED) is 0.794. The van der Waals surface area contributed by atoms with Crippen LogP contribution in [0.2, 0.25) is 0 Å². The lowest BCUT2D eigenvalue weighted by molar-refractivity contribution is -0.136. The van der Waals surface area contributed by atoms with Gasteiger partial charge >= 0.3 is 5.97 Å². The van der Waals surface area contributed by atoms with Gasteiger partial charge in [-0.3, -0.25) is 4.79 Å². The Morgan fingerprint density at radius 3 is 2.81 bits per heavy atom. The molecule has 0 radical (unpaired) electrons. The van der Waals surface area contributed by atoms with Gasteiger partial charge in [0.1, 0.15) is 4.90 Å². The zero-order valence-electron chi connectivity index (χ0n) is 11.2. The average molecular weight is 310 g/mol. The molecule has 0 aliphatic rings. The van der Waals surface area contributed by atoms with Crippen molar-refractivity contribution in [1.29, 1.82) is 0 Å². The number of hydrogen-bond donors (Lipinski definition) is 2. The summed E-state index contributed by atoms with van der Waals surface area (Å²) in [5.41, 5.74) is 0.400. The highest BCUT2D eigenvalue weighted by molar-refractivity contribution is 7.89. The lowest BCUT2D eigenvalue weighted by Gasteiger charge is -2.06. The molecule has 0 unspecified atom stereocenters. The van der Waals surface area contributed by atoms with Crippen molar-refractivity contribution in [2.45, 2.75) is 18.2 Å². The van der Waals surface area contributed by atoms with Crippen LogP contribution in [0, 0.1) is 6.92 Å². The highest BCUT2D eigenvalue weighted by Gasteiger charge is 2.21. The van der Waals surface area contributed by atoms with E-state index < -0.39 is 16.0 Å². The Balaban J connectivity index is 2.26. The molecule has 0 amide bonds. The van der Waals surface area contributed by atoms with Crippen LogP contribution in [0.4, 0.5) is 0 Å². The maximum absolute atomic E-state index is 12.1. The van der Waals surface area contributed by atoms with Gasteiger partial charge in [-0.05, 0) is 19.1 Å². The third-order valence-corrected chi connectivity index (χ3v) is 4.32. The maximum Gasteiger partial charge on any atom is 0.304 e. The molecule has 8 nitrogen and oxygen atoms in total. The minimum Gasteiger partial charge on any atom is -0.481 e. The molecule has 2 rings (SSSR count). The molecular weight excluding hydrogens is 296 g/mol. The number of carbonyl (C=O) groups is 1. The molecule has 0 saturated heterocycles. The lowest BCUT2D eigenvalue weighted by atomic mass is 10.4. The third-order valence-electron chi connectivity index (χ3n) is 2.75. The average Bonchev–Trinajstić information content (AvgIpc) is 2.81. The summed E-state index contributed by atoms with van der Waals surface area (Å²) >= 11 is 0. The SMILES string of the molecule is Cc1c(S(=O)(=O)NCCC(=O)O)cnn1-c1ccccn1. The predicted molar refractivity (Wildman–Crippen MR) is 73.5 cm³/mol. The smallest absolute Gasteiger partial charge is 0.304 e. The standard InChI is InChI=1S/C12H14N4O4S/c1-9-10(21(19,20)15-7-5-12(17)18)8-14-16(9)11-4-2-3-6-13-11/h2-4,6,8,15H,5,7H2,1H3,(H,17,18). The topological polar surface area (TPSA) is 114 Å². The number of hydrogen-bond acceptors (Lipinski definition) is 5. The summed E-state index contributed by atoms with van der Waals surface area (Å²) in [4.78, 5) is 14.5. The van der Waals surface area contributed by atoms with Gasteiger partial charge in [0.15, 0.2) is 5.82 Å². The third kappa shape index (κ3) is 3.44. The van der Waals surface area contributed by atoms with Crippen molar-refractivity contribution in [3.05, 3.63) is 36.3 Å². The van der Waals surface area contributed by atoms with E-state index in [1.165, 1.54) is 10.9 Å². The monoisotopic (exact) mass is 310 g/mol. The summed E-state index contributed by atoms with van der Waals surface area (Å²) in [5, 5.41) is 12.5. The molecule has 0 spiro atoms. The molecule has 2 N–H and O–H groups in total. The molecule has 112 valence electrons. The van der Waals surface area contributed by atoms with Gasteiger partial charge in [0.05, 0.1) is 18.3 Å². The lowest BCUT2D eigenvalue weighted by Crippen LogP contribution is -2.26. The number of nitrogens with one attached hydrogen (secondary N) is 1. The number of sulfonamides is 1. The molecule has 0 fully saturated rings. The van der Waals surface area contributed by atoms with Gasteiger partial charge < -0.3 is 5.11 Å². The molecule has 21 heavy (non-hydrogen) atoms. The van der Waals surface area contributed by atoms with Crippen molar-refractivity contribution in [2.24, 2.45) is 0 Å². The van der Waals surface area contributed by atoms with Crippen molar-refractivity contribution >= 4 is 16.0 Å². The highest BCUT2D eigenvalue weighted by Crippen LogP contribution is 2.16. The molecule has 2 heterocycles. The van der Waals surface area contributed by atoms with Gasteiger partial charge in [-0.25, -0.2) is 22.8 Å². The Morgan fingerprint density at radius 1 is 1.43 bits per heavy atom. The van der Waals surface area contributed by atoms with E-state index in [-0.39, 0.29) is 17.9 Å². The molecule has 2 aromatic heterocycles. The summed E-state index contributed by atoms with van der Waals surface area (Å²) < 4.78 is 27.8. The number of carboxylic acids is 1. The normalized spacial score (nSPS) is 11.5. The van der Waals surface area contributed by atoms with E-state index in [4.69, 9.17) is 5.11 Å². The first-order valence-corrected chi connectivity index (χ1v) is 7.57. The fourth-order valence-electron chi connectivity index (χ4n) is 1.74. The Hall–Kier alpha value is -2.26. The first kappa shape index (κ1) is 15.1. The van der Waals surface area contributed by atoms with E-state index >= 15 is 0 Å². The van der Waals surface area contributed by atoms with E-state index in [9.17, 15) is 13.2 Å². The summed E-state index contributed by atoms with van der Waals surface area (Å²) in [5.74, 6) is -0.569. The van der Waals surface area contributed by atoms with Gasteiger partial charge in [0, 0.05) is 12.7 Å². The highest BCUT2D eigenvalue weighted by atomic mass is 32.2. The molecule has 0 aliphatic heterocycles. The number of rotatable bonds is 6. The number of aromatic nitrogens is 3. The minimum absolute atomic E-state index is 0.00135. The van der Waals surface area contributed by atoms with Crippen LogP contribution in [-0.2, 0) is 14.8 Å². The maximum atomic E-state index is 12.1. The first-order chi connectivity index (χ1) is 9.92. The van der Waals surface area contributed by atoms with Crippen LogP contribution in [0.5, 0.6) is 0 Å². The van der Waals surface area contributed by atoms with Crippen molar-refractivity contribution in [1.82, 2.24) is 19.5 Å². The van der Waals surface area contributed by atoms with Crippen LogP contribution >= 0.6 is 0 Å². The van der Waals surface area contributed by atoms with Gasteiger partial charge in [0.25, 0.3) is 0 Å². The number of nitrogens with zero attached hydrogens (tertiary/aromatic N) is 3. The van der Waals surface area contributed by atoms with E-state index in [0.29, 0.717) is 11.5 Å². The predicted octanol–water partition coefficient (Wildman–Crippen LogP) is 0.329. The number of carboxylic acid groups (broad SMARTS) is 1. The molecular formula is C12H14N4O4S. The largest absolute Gasteiger partial charge is 0.481 e. The second-order valence-corrected chi connectivity index (χ2v) is 5.97. The van der Waals surface area contributed by atoms with Crippen molar-refractivity contribution in [3.63, 3.8) is 0 Å². The van der Waals surface area contributed by atoms with Crippen LogP contribution in [0.15, 0.2) is 35.5 Å². The second-order valence-electron chi connectivity index (χ2n) is 4.24. The van der Waals surface area contributed by atoms with Crippen LogP contribution in [0.25, 0.3) is 5.82 Å². The van der Waals surface area contributed by atoms with Crippen LogP contribution in [0.3, 0.4) is 0 Å². The Bertz CT molecular complexity index is 740. The Morgan fingerprint density at radius 2 is 2.19 bits per heavy atom. The van der Waals surface area contributed by atoms with Gasteiger partial charge in [-0.2, -0.15) is 5.10 Å². The number of pyridine rings is 1. The van der Waals surface area contributed by atoms with Crippen molar-refractivity contribution < 1.29 is 18.3 Å².